The SMILES string of the molecule is CC(=O)NC1CC(C)(C)CCC1Cc1ccccc1.CC([NH-])=O.[Cl-].[Cl-].[Ti+3]. The predicted octanol–water partition coefficient (Wildman–Crippen LogP) is -1.85. The van der Waals surface area contributed by atoms with Gasteiger partial charge in [-0.15, -0.1) is 0 Å². The number of carbonyl (C=O) groups excluding carboxylic acids is 2. The number of hydrogen-bond acceptors (Lipinski definition) is 2. The zero-order chi connectivity index (χ0) is 17.5. The van der Waals surface area contributed by atoms with Crippen LogP contribution in [-0.4, -0.2) is 17.9 Å². The van der Waals surface area contributed by atoms with Crippen LogP contribution in [0, 0.1) is 11.3 Å². The van der Waals surface area contributed by atoms with Crippen molar-refractivity contribution >= 4 is 11.8 Å². The molecule has 1 aromatic rings. The van der Waals surface area contributed by atoms with Gasteiger partial charge in [0.15, 0.2) is 0 Å². The maximum Gasteiger partial charge on any atom is 3.00 e. The Morgan fingerprint density at radius 1 is 1.15 bits per heavy atom. The average molecular weight is 436 g/mol. The van der Waals surface area contributed by atoms with Crippen molar-refractivity contribution in [3.63, 3.8) is 0 Å². The van der Waals surface area contributed by atoms with E-state index < -0.39 is 5.91 Å². The van der Waals surface area contributed by atoms with E-state index in [9.17, 15) is 4.79 Å². The summed E-state index contributed by atoms with van der Waals surface area (Å²) in [5, 5.41) is 3.17. The van der Waals surface area contributed by atoms with Crippen LogP contribution >= 0.6 is 0 Å². The van der Waals surface area contributed by atoms with Crippen LogP contribution in [0.3, 0.4) is 0 Å². The third kappa shape index (κ3) is 12.8. The number of halogens is 2. The summed E-state index contributed by atoms with van der Waals surface area (Å²) in [6, 6.07) is 10.9. The van der Waals surface area contributed by atoms with Crippen LogP contribution in [0.4, 0.5) is 0 Å². The van der Waals surface area contributed by atoms with Crippen LogP contribution in [0.15, 0.2) is 30.3 Å². The molecule has 145 valence electrons. The summed E-state index contributed by atoms with van der Waals surface area (Å²) < 4.78 is 0. The Balaban J connectivity index is -0.000000689. The largest absolute Gasteiger partial charge is 3.00 e. The maximum atomic E-state index is 11.4. The van der Waals surface area contributed by atoms with Crippen LogP contribution in [0.1, 0.15) is 52.5 Å². The van der Waals surface area contributed by atoms with E-state index in [2.05, 4.69) is 49.5 Å². The Labute approximate surface area is 185 Å². The second kappa shape index (κ2) is 14.5. The zero-order valence-electron chi connectivity index (χ0n) is 15.9. The fourth-order valence-corrected chi connectivity index (χ4v) is 3.23. The maximum absolute atomic E-state index is 11.4. The molecule has 0 saturated heterocycles. The van der Waals surface area contributed by atoms with Crippen molar-refractivity contribution in [2.45, 2.75) is 59.4 Å². The summed E-state index contributed by atoms with van der Waals surface area (Å²) in [6.45, 7) is 7.43. The molecule has 2 rings (SSSR count). The first-order chi connectivity index (χ1) is 10.7. The van der Waals surface area contributed by atoms with E-state index >= 15 is 0 Å². The third-order valence-electron chi connectivity index (χ3n) is 4.26. The quantitative estimate of drug-likeness (QED) is 0.566. The van der Waals surface area contributed by atoms with Gasteiger partial charge in [-0.25, -0.2) is 0 Å². The molecule has 1 fully saturated rings. The average Bonchev–Trinajstić information content (AvgIpc) is 2.41. The molecule has 2 amide bonds. The second-order valence-electron chi connectivity index (χ2n) is 7.22. The molecule has 1 aliphatic carbocycles. The van der Waals surface area contributed by atoms with Gasteiger partial charge >= 0.3 is 21.7 Å². The number of amides is 2. The monoisotopic (exact) mass is 435 g/mol. The molecule has 1 radical (unpaired) electrons. The van der Waals surface area contributed by atoms with E-state index in [1.54, 1.807) is 6.92 Å². The van der Waals surface area contributed by atoms with Crippen molar-refractivity contribution in [1.29, 1.82) is 0 Å². The molecular formula is C19H29Cl2N2O2Ti. The Morgan fingerprint density at radius 3 is 2.12 bits per heavy atom. The molecule has 2 atom stereocenters. The smallest absolute Gasteiger partial charge is 1.00 e. The third-order valence-corrected chi connectivity index (χ3v) is 4.26. The second-order valence-corrected chi connectivity index (χ2v) is 7.22. The molecule has 0 bridgehead atoms. The van der Waals surface area contributed by atoms with Gasteiger partial charge in [0, 0.05) is 18.9 Å². The summed E-state index contributed by atoms with van der Waals surface area (Å²) in [5.74, 6) is 0.0834. The van der Waals surface area contributed by atoms with Gasteiger partial charge in [-0.2, -0.15) is 0 Å². The topological polar surface area (TPSA) is 70.0 Å². The molecule has 7 heteroatoms. The number of benzene rings is 1. The summed E-state index contributed by atoms with van der Waals surface area (Å²) in [6.07, 6.45) is 4.61. The van der Waals surface area contributed by atoms with E-state index in [0.717, 1.165) is 12.8 Å². The van der Waals surface area contributed by atoms with Crippen molar-refractivity contribution in [3.8, 4) is 0 Å². The Hall–Kier alpha value is -0.546. The minimum atomic E-state index is -0.583. The molecule has 0 spiro atoms. The molecular weight excluding hydrogens is 407 g/mol. The first-order valence-electron chi connectivity index (χ1n) is 8.23. The number of carbonyl (C=O) groups is 2. The van der Waals surface area contributed by atoms with Crippen molar-refractivity contribution in [2.75, 3.05) is 0 Å². The van der Waals surface area contributed by atoms with E-state index in [1.165, 1.54) is 25.3 Å². The number of rotatable bonds is 3. The minimum Gasteiger partial charge on any atom is -1.00 e. The summed E-state index contributed by atoms with van der Waals surface area (Å²) in [5.41, 5.74) is 7.67. The molecule has 1 saturated carbocycles. The standard InChI is InChI=1S/C17H25NO.C2H5NO.2ClH.Ti/c1-13(19)18-16-12-17(2,3)10-9-15(16)11-14-7-5-4-6-8-14;1-2(3)4;;;/h4-8,15-16H,9-12H2,1-3H3,(H,18,19);1H3,(H2,3,4);2*1H;/q;;;;+3/p-3. The molecule has 0 aromatic heterocycles. The predicted molar refractivity (Wildman–Crippen MR) is 93.9 cm³/mol. The first kappa shape index (κ1) is 30.2. The van der Waals surface area contributed by atoms with Gasteiger partial charge in [0.1, 0.15) is 0 Å². The summed E-state index contributed by atoms with van der Waals surface area (Å²) in [4.78, 5) is 20.5. The normalized spacial score (nSPS) is 19.8. The van der Waals surface area contributed by atoms with Crippen molar-refractivity contribution in [3.05, 3.63) is 41.6 Å². The Morgan fingerprint density at radius 2 is 1.65 bits per heavy atom. The fourth-order valence-electron chi connectivity index (χ4n) is 3.23. The molecule has 2 N–H and O–H groups in total. The van der Waals surface area contributed by atoms with Crippen molar-refractivity contribution < 1.29 is 56.1 Å². The van der Waals surface area contributed by atoms with E-state index in [1.807, 2.05) is 0 Å². The molecule has 2 unspecified atom stereocenters. The van der Waals surface area contributed by atoms with E-state index in [0.29, 0.717) is 17.4 Å². The molecule has 4 nitrogen and oxygen atoms in total. The van der Waals surface area contributed by atoms with Crippen LogP contribution in [0.25, 0.3) is 5.73 Å². The number of nitrogens with one attached hydrogen (secondary N) is 2. The van der Waals surface area contributed by atoms with Gasteiger partial charge in [-0.05, 0) is 49.5 Å². The summed E-state index contributed by atoms with van der Waals surface area (Å²) >= 11 is 0. The molecule has 26 heavy (non-hydrogen) atoms. The molecule has 1 aromatic carbocycles. The van der Waals surface area contributed by atoms with E-state index in [4.69, 9.17) is 10.5 Å². The molecule has 0 aliphatic heterocycles. The first-order valence-corrected chi connectivity index (χ1v) is 8.23. The minimum absolute atomic E-state index is 0. The fraction of sp³-hybridized carbons (Fsp3) is 0.579. The van der Waals surface area contributed by atoms with Gasteiger partial charge in [0.05, 0.1) is 0 Å². The van der Waals surface area contributed by atoms with Gasteiger partial charge in [-0.1, -0.05) is 44.2 Å². The number of hydrogen-bond donors (Lipinski definition) is 1. The van der Waals surface area contributed by atoms with Crippen LogP contribution in [0.5, 0.6) is 0 Å². The Kier molecular flexibility index (Phi) is 16.8. The van der Waals surface area contributed by atoms with Gasteiger partial charge < -0.3 is 40.7 Å². The Bertz CT molecular complexity index is 524. The molecule has 1 aliphatic rings. The van der Waals surface area contributed by atoms with Crippen LogP contribution in [0.2, 0.25) is 0 Å². The van der Waals surface area contributed by atoms with Crippen LogP contribution in [-0.2, 0) is 37.7 Å². The molecule has 0 heterocycles. The zero-order valence-corrected chi connectivity index (χ0v) is 19.0. The van der Waals surface area contributed by atoms with Crippen LogP contribution < -0.4 is 30.1 Å². The van der Waals surface area contributed by atoms with Gasteiger partial charge in [0.2, 0.25) is 5.91 Å². The van der Waals surface area contributed by atoms with Gasteiger partial charge in [-0.3, -0.25) is 4.79 Å². The van der Waals surface area contributed by atoms with Crippen molar-refractivity contribution in [1.82, 2.24) is 5.32 Å². The summed E-state index contributed by atoms with van der Waals surface area (Å²) in [7, 11) is 0. The van der Waals surface area contributed by atoms with Crippen molar-refractivity contribution in [2.24, 2.45) is 11.3 Å². The van der Waals surface area contributed by atoms with Gasteiger partial charge in [0.25, 0.3) is 0 Å². The van der Waals surface area contributed by atoms with E-state index in [-0.39, 0.29) is 52.4 Å².